The number of nitrogens with zero attached hydrogens (tertiary/aromatic N) is 1. The van der Waals surface area contributed by atoms with Gasteiger partial charge in [0.15, 0.2) is 0 Å². The van der Waals surface area contributed by atoms with Crippen molar-refractivity contribution in [1.29, 1.82) is 0 Å². The molecule has 1 aliphatic rings. The van der Waals surface area contributed by atoms with Crippen LogP contribution in [0.2, 0.25) is 0 Å². The van der Waals surface area contributed by atoms with Crippen LogP contribution in [-0.4, -0.2) is 37.0 Å². The van der Waals surface area contributed by atoms with Crippen molar-refractivity contribution in [2.45, 2.75) is 19.4 Å². The van der Waals surface area contributed by atoms with Crippen LogP contribution in [0.25, 0.3) is 0 Å². The highest BCUT2D eigenvalue weighted by molar-refractivity contribution is 5.94. The Morgan fingerprint density at radius 1 is 1.53 bits per heavy atom. The van der Waals surface area contributed by atoms with Crippen molar-refractivity contribution < 1.29 is 9.18 Å². The summed E-state index contributed by atoms with van der Waals surface area (Å²) < 4.78 is 13.6. The summed E-state index contributed by atoms with van der Waals surface area (Å²) in [6.45, 7) is 3.21. The van der Waals surface area contributed by atoms with Crippen molar-refractivity contribution in [1.82, 2.24) is 10.2 Å². The van der Waals surface area contributed by atoms with E-state index in [4.69, 9.17) is 0 Å². The van der Waals surface area contributed by atoms with E-state index < -0.39 is 5.82 Å². The molecule has 1 saturated heterocycles. The Bertz CT molecular complexity index is 433. The van der Waals surface area contributed by atoms with Gasteiger partial charge in [0.25, 0.3) is 5.91 Å². The van der Waals surface area contributed by atoms with Gasteiger partial charge in [-0.15, -0.1) is 0 Å². The number of rotatable bonds is 2. The molecule has 92 valence electrons. The van der Waals surface area contributed by atoms with E-state index in [0.29, 0.717) is 19.1 Å². The number of carbonyl (C=O) groups is 1. The van der Waals surface area contributed by atoms with Crippen molar-refractivity contribution in [3.8, 4) is 0 Å². The molecule has 1 aliphatic heterocycles. The number of aryl methyl sites for hydroxylation is 1. The highest BCUT2D eigenvalue weighted by Gasteiger charge is 2.27. The molecule has 0 saturated carbocycles. The molecule has 4 heteroatoms. The summed E-state index contributed by atoms with van der Waals surface area (Å²) in [5, 5.41) is 3.14. The van der Waals surface area contributed by atoms with Crippen LogP contribution in [0.5, 0.6) is 0 Å². The molecule has 2 rings (SSSR count). The lowest BCUT2D eigenvalue weighted by molar-refractivity contribution is 0.0785. The number of likely N-dealkylation sites (N-methyl/N-ethyl adjacent to an activating group) is 1. The highest BCUT2D eigenvalue weighted by Crippen LogP contribution is 2.17. The van der Waals surface area contributed by atoms with Gasteiger partial charge in [0.1, 0.15) is 5.82 Å². The molecule has 0 bridgehead atoms. The van der Waals surface area contributed by atoms with E-state index in [1.165, 1.54) is 6.07 Å². The minimum absolute atomic E-state index is 0.182. The van der Waals surface area contributed by atoms with E-state index in [9.17, 15) is 9.18 Å². The molecule has 3 nitrogen and oxygen atoms in total. The summed E-state index contributed by atoms with van der Waals surface area (Å²) in [4.78, 5) is 13.8. The molecular weight excluding hydrogens is 219 g/mol. The van der Waals surface area contributed by atoms with E-state index in [0.717, 1.165) is 12.0 Å². The van der Waals surface area contributed by atoms with Gasteiger partial charge in [-0.05, 0) is 32.5 Å². The van der Waals surface area contributed by atoms with Crippen LogP contribution in [0.4, 0.5) is 4.39 Å². The lowest BCUT2D eigenvalue weighted by atomic mass is 10.1. The van der Waals surface area contributed by atoms with Crippen LogP contribution in [0.1, 0.15) is 22.3 Å². The summed E-state index contributed by atoms with van der Waals surface area (Å²) in [6, 6.07) is 4.97. The van der Waals surface area contributed by atoms with Crippen molar-refractivity contribution in [3.63, 3.8) is 0 Å². The van der Waals surface area contributed by atoms with Crippen LogP contribution in [0.3, 0.4) is 0 Å². The number of benzene rings is 1. The van der Waals surface area contributed by atoms with E-state index in [1.807, 2.05) is 14.0 Å². The van der Waals surface area contributed by atoms with Gasteiger partial charge in [0, 0.05) is 19.1 Å². The Balaban J connectivity index is 2.17. The monoisotopic (exact) mass is 236 g/mol. The first kappa shape index (κ1) is 12.0. The molecule has 1 N–H and O–H groups in total. The first-order chi connectivity index (χ1) is 8.11. The molecule has 0 radical (unpaired) electrons. The fourth-order valence-corrected chi connectivity index (χ4v) is 2.15. The Morgan fingerprint density at radius 2 is 2.29 bits per heavy atom. The van der Waals surface area contributed by atoms with Gasteiger partial charge in [-0.2, -0.15) is 0 Å². The number of halogens is 1. The number of carbonyl (C=O) groups excluding carboxylic acids is 1. The summed E-state index contributed by atoms with van der Waals surface area (Å²) in [7, 11) is 1.88. The number of hydrogen-bond donors (Lipinski definition) is 1. The van der Waals surface area contributed by atoms with Crippen molar-refractivity contribution in [3.05, 3.63) is 35.1 Å². The molecule has 0 aliphatic carbocycles. The Hall–Kier alpha value is -1.42. The third kappa shape index (κ3) is 2.47. The summed E-state index contributed by atoms with van der Waals surface area (Å²) in [6.07, 6.45) is 0.926. The lowest BCUT2D eigenvalue weighted by Crippen LogP contribution is -2.33. The molecule has 1 aromatic carbocycles. The molecule has 0 unspecified atom stereocenters. The first-order valence-corrected chi connectivity index (χ1v) is 5.84. The van der Waals surface area contributed by atoms with E-state index in [2.05, 4.69) is 5.32 Å². The topological polar surface area (TPSA) is 32.3 Å². The average molecular weight is 236 g/mol. The van der Waals surface area contributed by atoms with Gasteiger partial charge in [-0.1, -0.05) is 11.6 Å². The maximum atomic E-state index is 13.6. The second kappa shape index (κ2) is 4.84. The predicted octanol–water partition coefficient (Wildman–Crippen LogP) is 1.57. The zero-order valence-corrected chi connectivity index (χ0v) is 10.2. The van der Waals surface area contributed by atoms with Gasteiger partial charge in [0.2, 0.25) is 0 Å². The van der Waals surface area contributed by atoms with Crippen LogP contribution in [0, 0.1) is 12.7 Å². The van der Waals surface area contributed by atoms with Gasteiger partial charge in [-0.3, -0.25) is 4.79 Å². The van der Waals surface area contributed by atoms with Gasteiger partial charge in [-0.25, -0.2) is 4.39 Å². The molecule has 0 spiro atoms. The molecule has 17 heavy (non-hydrogen) atoms. The predicted molar refractivity (Wildman–Crippen MR) is 64.5 cm³/mol. The van der Waals surface area contributed by atoms with E-state index in [1.54, 1.807) is 17.0 Å². The van der Waals surface area contributed by atoms with Crippen molar-refractivity contribution in [2.24, 2.45) is 0 Å². The maximum Gasteiger partial charge on any atom is 0.256 e. The quantitative estimate of drug-likeness (QED) is 0.845. The van der Waals surface area contributed by atoms with Crippen molar-refractivity contribution in [2.75, 3.05) is 20.1 Å². The molecule has 0 aromatic heterocycles. The third-order valence-electron chi connectivity index (χ3n) is 3.24. The largest absolute Gasteiger partial charge is 0.337 e. The summed E-state index contributed by atoms with van der Waals surface area (Å²) >= 11 is 0. The molecule has 1 heterocycles. The van der Waals surface area contributed by atoms with E-state index >= 15 is 0 Å². The van der Waals surface area contributed by atoms with Gasteiger partial charge < -0.3 is 10.2 Å². The van der Waals surface area contributed by atoms with Gasteiger partial charge in [0.05, 0.1) is 5.56 Å². The fraction of sp³-hybridized carbons (Fsp3) is 0.462. The van der Waals surface area contributed by atoms with Crippen molar-refractivity contribution >= 4 is 5.91 Å². The molecule has 1 atom stereocenters. The molecule has 1 amide bonds. The lowest BCUT2D eigenvalue weighted by Gasteiger charge is -2.17. The van der Waals surface area contributed by atoms with Gasteiger partial charge >= 0.3 is 0 Å². The molecule has 1 fully saturated rings. The minimum atomic E-state index is -0.437. The minimum Gasteiger partial charge on any atom is -0.337 e. The van der Waals surface area contributed by atoms with E-state index in [-0.39, 0.29) is 11.5 Å². The van der Waals surface area contributed by atoms with Crippen LogP contribution in [0.15, 0.2) is 18.2 Å². The molecular formula is C13H17FN2O. The number of amides is 1. The normalized spacial score (nSPS) is 19.7. The second-order valence-electron chi connectivity index (χ2n) is 4.51. The number of hydrogen-bond acceptors (Lipinski definition) is 2. The van der Waals surface area contributed by atoms with Crippen LogP contribution in [-0.2, 0) is 0 Å². The SMILES string of the molecule is CN[C@H]1CCN(C(=O)c2cc(C)ccc2F)C1. The molecule has 1 aromatic rings. The fourth-order valence-electron chi connectivity index (χ4n) is 2.15. The third-order valence-corrected chi connectivity index (χ3v) is 3.24. The maximum absolute atomic E-state index is 13.6. The number of nitrogens with one attached hydrogen (secondary N) is 1. The highest BCUT2D eigenvalue weighted by atomic mass is 19.1. The Morgan fingerprint density at radius 3 is 2.94 bits per heavy atom. The average Bonchev–Trinajstić information content (AvgIpc) is 2.80. The zero-order chi connectivity index (χ0) is 12.4. The first-order valence-electron chi connectivity index (χ1n) is 5.84. The summed E-state index contributed by atoms with van der Waals surface area (Å²) in [5.74, 6) is -0.641. The summed E-state index contributed by atoms with van der Waals surface area (Å²) in [5.41, 5.74) is 1.08. The Kier molecular flexibility index (Phi) is 3.43. The number of likely N-dealkylation sites (tertiary alicyclic amines) is 1. The Labute approximate surface area is 101 Å². The zero-order valence-electron chi connectivity index (χ0n) is 10.2. The standard InChI is InChI=1S/C13H17FN2O/c1-9-3-4-12(14)11(7-9)13(17)16-6-5-10(8-16)15-2/h3-4,7,10,15H,5-6,8H2,1-2H3/t10-/m0/s1. The van der Waals surface area contributed by atoms with Crippen LogP contribution >= 0.6 is 0 Å². The second-order valence-corrected chi connectivity index (χ2v) is 4.51. The smallest absolute Gasteiger partial charge is 0.256 e. The van der Waals surface area contributed by atoms with Crippen LogP contribution < -0.4 is 5.32 Å².